The maximum Gasteiger partial charge on any atom is 0.140 e. The summed E-state index contributed by atoms with van der Waals surface area (Å²) in [4.78, 5) is 13.5. The van der Waals surface area contributed by atoms with Crippen LogP contribution in [-0.4, -0.2) is 24.1 Å². The van der Waals surface area contributed by atoms with Gasteiger partial charge in [-0.2, -0.15) is 0 Å². The molecule has 1 aromatic carbocycles. The van der Waals surface area contributed by atoms with Crippen molar-refractivity contribution in [1.29, 1.82) is 0 Å². The summed E-state index contributed by atoms with van der Waals surface area (Å²) in [6.45, 7) is 6.82. The first kappa shape index (κ1) is 16.4. The van der Waals surface area contributed by atoms with Crippen molar-refractivity contribution >= 4 is 11.0 Å². The zero-order valence-electron chi connectivity index (χ0n) is 15.0. The molecule has 5 nitrogen and oxygen atoms in total. The van der Waals surface area contributed by atoms with Crippen LogP contribution in [0.5, 0.6) is 0 Å². The summed E-state index contributed by atoms with van der Waals surface area (Å²) in [5, 5.41) is 0. The molecule has 0 aliphatic carbocycles. The van der Waals surface area contributed by atoms with Crippen LogP contribution in [0.3, 0.4) is 0 Å². The molecule has 0 unspecified atom stereocenters. The SMILES string of the molecule is Cc1cc2c(cn1)nc(Cn1ccnc1-c1cccc(F)c1)n2C(C)C. The van der Waals surface area contributed by atoms with Crippen molar-refractivity contribution in [2.75, 3.05) is 0 Å². The smallest absolute Gasteiger partial charge is 0.140 e. The van der Waals surface area contributed by atoms with Gasteiger partial charge >= 0.3 is 0 Å². The molecule has 4 aromatic rings. The van der Waals surface area contributed by atoms with E-state index in [1.807, 2.05) is 30.0 Å². The Bertz CT molecular complexity index is 1080. The van der Waals surface area contributed by atoms with E-state index in [4.69, 9.17) is 4.98 Å². The molecule has 26 heavy (non-hydrogen) atoms. The molecule has 0 bridgehead atoms. The van der Waals surface area contributed by atoms with E-state index < -0.39 is 0 Å². The summed E-state index contributed by atoms with van der Waals surface area (Å²) < 4.78 is 17.8. The lowest BCUT2D eigenvalue weighted by atomic mass is 10.2. The highest BCUT2D eigenvalue weighted by atomic mass is 19.1. The summed E-state index contributed by atoms with van der Waals surface area (Å²) in [7, 11) is 0. The number of fused-ring (bicyclic) bond motifs is 1. The van der Waals surface area contributed by atoms with Crippen molar-refractivity contribution in [1.82, 2.24) is 24.1 Å². The predicted molar refractivity (Wildman–Crippen MR) is 99.4 cm³/mol. The number of hydrogen-bond donors (Lipinski definition) is 0. The minimum atomic E-state index is -0.270. The van der Waals surface area contributed by atoms with Gasteiger partial charge in [-0.15, -0.1) is 0 Å². The number of aryl methyl sites for hydroxylation is 1. The highest BCUT2D eigenvalue weighted by molar-refractivity contribution is 5.75. The fourth-order valence-corrected chi connectivity index (χ4v) is 3.31. The molecule has 0 radical (unpaired) electrons. The average Bonchev–Trinajstić information content (AvgIpc) is 3.19. The first-order valence-electron chi connectivity index (χ1n) is 8.63. The van der Waals surface area contributed by atoms with E-state index in [1.54, 1.807) is 12.3 Å². The van der Waals surface area contributed by atoms with E-state index in [2.05, 4.69) is 34.4 Å². The van der Waals surface area contributed by atoms with Gasteiger partial charge in [-0.3, -0.25) is 4.98 Å². The first-order valence-corrected chi connectivity index (χ1v) is 8.63. The number of rotatable bonds is 4. The number of aromatic nitrogens is 5. The quantitative estimate of drug-likeness (QED) is 0.550. The van der Waals surface area contributed by atoms with Gasteiger partial charge in [-0.1, -0.05) is 12.1 Å². The van der Waals surface area contributed by atoms with Gasteiger partial charge in [0, 0.05) is 29.7 Å². The number of hydrogen-bond acceptors (Lipinski definition) is 3. The molecule has 0 aliphatic heterocycles. The molecule has 132 valence electrons. The Morgan fingerprint density at radius 1 is 1.15 bits per heavy atom. The van der Waals surface area contributed by atoms with Crippen LogP contribution in [-0.2, 0) is 6.54 Å². The number of pyridine rings is 1. The van der Waals surface area contributed by atoms with Crippen molar-refractivity contribution in [3.63, 3.8) is 0 Å². The van der Waals surface area contributed by atoms with E-state index in [0.717, 1.165) is 33.9 Å². The van der Waals surface area contributed by atoms with E-state index in [9.17, 15) is 4.39 Å². The van der Waals surface area contributed by atoms with Crippen LogP contribution in [0, 0.1) is 12.7 Å². The van der Waals surface area contributed by atoms with E-state index in [1.165, 1.54) is 12.1 Å². The third-order valence-corrected chi connectivity index (χ3v) is 4.41. The molecule has 0 fully saturated rings. The third kappa shape index (κ3) is 2.87. The summed E-state index contributed by atoms with van der Waals surface area (Å²) >= 11 is 0. The standard InChI is InChI=1S/C20H20FN5/c1-13(2)26-18-9-14(3)23-11-17(18)24-19(26)12-25-8-7-22-20(25)15-5-4-6-16(21)10-15/h4-11,13H,12H2,1-3H3. The van der Waals surface area contributed by atoms with Gasteiger partial charge in [0.25, 0.3) is 0 Å². The minimum absolute atomic E-state index is 0.262. The molecule has 3 heterocycles. The number of halogens is 1. The van der Waals surface area contributed by atoms with Crippen molar-refractivity contribution < 1.29 is 4.39 Å². The summed E-state index contributed by atoms with van der Waals surface area (Å²) in [5.41, 5.74) is 3.68. The van der Waals surface area contributed by atoms with Gasteiger partial charge in [0.2, 0.25) is 0 Å². The summed E-state index contributed by atoms with van der Waals surface area (Å²) in [5.74, 6) is 1.38. The molecule has 0 atom stereocenters. The van der Waals surface area contributed by atoms with Crippen LogP contribution in [0.25, 0.3) is 22.4 Å². The lowest BCUT2D eigenvalue weighted by Crippen LogP contribution is -2.11. The zero-order valence-corrected chi connectivity index (χ0v) is 15.0. The van der Waals surface area contributed by atoms with Crippen LogP contribution < -0.4 is 0 Å². The molecule has 6 heteroatoms. The fraction of sp³-hybridized carbons (Fsp3) is 0.250. The topological polar surface area (TPSA) is 48.5 Å². The zero-order chi connectivity index (χ0) is 18.3. The Kier molecular flexibility index (Phi) is 4.03. The third-order valence-electron chi connectivity index (χ3n) is 4.41. The van der Waals surface area contributed by atoms with Gasteiger partial charge in [-0.05, 0) is 39.0 Å². The monoisotopic (exact) mass is 349 g/mol. The number of imidazole rings is 2. The number of nitrogens with zero attached hydrogens (tertiary/aromatic N) is 5. The Balaban J connectivity index is 1.80. The second kappa shape index (κ2) is 6.37. The lowest BCUT2D eigenvalue weighted by molar-refractivity contribution is 0.569. The van der Waals surface area contributed by atoms with Crippen LogP contribution in [0.15, 0.2) is 48.9 Å². The largest absolute Gasteiger partial charge is 0.324 e. The van der Waals surface area contributed by atoms with Gasteiger partial charge in [0.1, 0.15) is 23.0 Å². The number of benzene rings is 1. The average molecular weight is 349 g/mol. The Morgan fingerprint density at radius 2 is 2.00 bits per heavy atom. The molecular weight excluding hydrogens is 329 g/mol. The van der Waals surface area contributed by atoms with Gasteiger partial charge in [0.05, 0.1) is 18.3 Å². The highest BCUT2D eigenvalue weighted by Gasteiger charge is 2.16. The summed E-state index contributed by atoms with van der Waals surface area (Å²) in [6, 6.07) is 8.81. The summed E-state index contributed by atoms with van der Waals surface area (Å²) in [6.07, 6.45) is 5.44. The van der Waals surface area contributed by atoms with E-state index >= 15 is 0 Å². The molecule has 0 N–H and O–H groups in total. The Hall–Kier alpha value is -3.02. The van der Waals surface area contributed by atoms with Gasteiger partial charge in [-0.25, -0.2) is 14.4 Å². The molecule has 3 aromatic heterocycles. The molecule has 0 saturated carbocycles. The Labute approximate surface area is 151 Å². The second-order valence-corrected chi connectivity index (χ2v) is 6.70. The van der Waals surface area contributed by atoms with Gasteiger partial charge < -0.3 is 9.13 Å². The van der Waals surface area contributed by atoms with E-state index in [-0.39, 0.29) is 11.9 Å². The van der Waals surface area contributed by atoms with E-state index in [0.29, 0.717) is 6.54 Å². The van der Waals surface area contributed by atoms with Crippen molar-refractivity contribution in [3.05, 3.63) is 66.3 Å². The molecule has 0 aliphatic rings. The normalized spacial score (nSPS) is 11.6. The predicted octanol–water partition coefficient (Wildman–Crippen LogP) is 4.37. The molecule has 0 amide bonds. The first-order chi connectivity index (χ1) is 12.5. The van der Waals surface area contributed by atoms with Crippen molar-refractivity contribution in [2.45, 2.75) is 33.4 Å². The van der Waals surface area contributed by atoms with Crippen LogP contribution >= 0.6 is 0 Å². The minimum Gasteiger partial charge on any atom is -0.324 e. The molecular formula is C20H20FN5. The van der Waals surface area contributed by atoms with Crippen LogP contribution in [0.4, 0.5) is 4.39 Å². The molecule has 0 saturated heterocycles. The maximum absolute atomic E-state index is 13.6. The molecule has 4 rings (SSSR count). The lowest BCUT2D eigenvalue weighted by Gasteiger charge is -2.14. The Morgan fingerprint density at radius 3 is 2.77 bits per heavy atom. The van der Waals surface area contributed by atoms with Gasteiger partial charge in [0.15, 0.2) is 0 Å². The van der Waals surface area contributed by atoms with Crippen LogP contribution in [0.1, 0.15) is 31.4 Å². The maximum atomic E-state index is 13.6. The molecule has 0 spiro atoms. The highest BCUT2D eigenvalue weighted by Crippen LogP contribution is 2.24. The van der Waals surface area contributed by atoms with Crippen molar-refractivity contribution in [2.24, 2.45) is 0 Å². The van der Waals surface area contributed by atoms with Crippen molar-refractivity contribution in [3.8, 4) is 11.4 Å². The second-order valence-electron chi connectivity index (χ2n) is 6.70. The fourth-order valence-electron chi connectivity index (χ4n) is 3.31. The van der Waals surface area contributed by atoms with Crippen LogP contribution in [0.2, 0.25) is 0 Å².